The van der Waals surface area contributed by atoms with Gasteiger partial charge in [0.25, 0.3) is 5.91 Å². The number of carbonyl (C=O) groups excluding carboxylic acids is 1. The van der Waals surface area contributed by atoms with Crippen LogP contribution in [0.5, 0.6) is 0 Å². The summed E-state index contributed by atoms with van der Waals surface area (Å²) in [5, 5.41) is 2.41. The van der Waals surface area contributed by atoms with Crippen LogP contribution in [0.15, 0.2) is 18.2 Å². The van der Waals surface area contributed by atoms with Crippen LogP contribution in [0.4, 0.5) is 17.6 Å². The lowest BCUT2D eigenvalue weighted by Gasteiger charge is -2.11. The molecule has 1 aromatic carbocycles. The molecule has 1 aromatic rings. The minimum Gasteiger partial charge on any atom is -0.352 e. The zero-order chi connectivity index (χ0) is 15.3. The van der Waals surface area contributed by atoms with E-state index in [1.807, 2.05) is 6.92 Å². The van der Waals surface area contributed by atoms with Gasteiger partial charge in [-0.05, 0) is 25.0 Å². The van der Waals surface area contributed by atoms with Crippen LogP contribution in [-0.4, -0.2) is 17.3 Å². The van der Waals surface area contributed by atoms with E-state index in [1.165, 1.54) is 0 Å². The fourth-order valence-corrected chi connectivity index (χ4v) is 1.93. The molecule has 0 fully saturated rings. The van der Waals surface area contributed by atoms with Gasteiger partial charge in [0.15, 0.2) is 0 Å². The molecule has 0 spiro atoms. The molecule has 0 saturated heterocycles. The van der Waals surface area contributed by atoms with E-state index in [2.05, 4.69) is 21.2 Å². The van der Waals surface area contributed by atoms with Crippen LogP contribution in [-0.2, 0) is 6.18 Å². The third-order valence-corrected chi connectivity index (χ3v) is 3.07. The quantitative estimate of drug-likeness (QED) is 0.480. The topological polar surface area (TPSA) is 29.1 Å². The highest BCUT2D eigenvalue weighted by atomic mass is 79.9. The van der Waals surface area contributed by atoms with E-state index in [9.17, 15) is 22.4 Å². The standard InChI is InChI=1S/C13H14BrF4NO/c1-8(14)4-3-7-19-12(20)9-5-2-6-10(11(9)15)13(16,17)18/h2,5-6,8H,3-4,7H2,1H3,(H,19,20). The van der Waals surface area contributed by atoms with Crippen LogP contribution in [0.3, 0.4) is 0 Å². The molecule has 112 valence electrons. The Balaban J connectivity index is 2.74. The smallest absolute Gasteiger partial charge is 0.352 e. The van der Waals surface area contributed by atoms with Crippen LogP contribution < -0.4 is 5.32 Å². The van der Waals surface area contributed by atoms with E-state index < -0.39 is 29.0 Å². The summed E-state index contributed by atoms with van der Waals surface area (Å²) in [6.45, 7) is 2.22. The van der Waals surface area contributed by atoms with Gasteiger partial charge in [-0.15, -0.1) is 0 Å². The summed E-state index contributed by atoms with van der Waals surface area (Å²) < 4.78 is 51.2. The molecule has 1 atom stereocenters. The second kappa shape index (κ2) is 7.06. The zero-order valence-electron chi connectivity index (χ0n) is 10.7. The summed E-state index contributed by atoms with van der Waals surface area (Å²) in [6, 6.07) is 2.66. The molecule has 1 rings (SSSR count). The van der Waals surface area contributed by atoms with Crippen LogP contribution in [0, 0.1) is 5.82 Å². The third kappa shape index (κ3) is 4.77. The van der Waals surface area contributed by atoms with Gasteiger partial charge in [-0.2, -0.15) is 13.2 Å². The van der Waals surface area contributed by atoms with E-state index in [0.29, 0.717) is 12.5 Å². The number of hydrogen-bond donors (Lipinski definition) is 1. The number of rotatable bonds is 5. The van der Waals surface area contributed by atoms with Gasteiger partial charge in [-0.25, -0.2) is 4.39 Å². The van der Waals surface area contributed by atoms with Crippen molar-refractivity contribution < 1.29 is 22.4 Å². The molecule has 0 aliphatic heterocycles. The van der Waals surface area contributed by atoms with Gasteiger partial charge in [0, 0.05) is 11.4 Å². The Morgan fingerprint density at radius 2 is 2.05 bits per heavy atom. The van der Waals surface area contributed by atoms with Crippen LogP contribution in [0.2, 0.25) is 0 Å². The Labute approximate surface area is 122 Å². The Morgan fingerprint density at radius 3 is 2.60 bits per heavy atom. The van der Waals surface area contributed by atoms with Gasteiger partial charge in [0.1, 0.15) is 5.82 Å². The van der Waals surface area contributed by atoms with Gasteiger partial charge in [-0.3, -0.25) is 4.79 Å². The van der Waals surface area contributed by atoms with E-state index in [4.69, 9.17) is 0 Å². The molecule has 1 amide bonds. The van der Waals surface area contributed by atoms with Crippen LogP contribution in [0.1, 0.15) is 35.7 Å². The average molecular weight is 356 g/mol. The monoisotopic (exact) mass is 355 g/mol. The molecule has 1 unspecified atom stereocenters. The Bertz CT molecular complexity index is 474. The Kier molecular flexibility index (Phi) is 5.98. The maximum Gasteiger partial charge on any atom is 0.419 e. The van der Waals surface area contributed by atoms with Crippen molar-refractivity contribution in [1.82, 2.24) is 5.32 Å². The van der Waals surface area contributed by atoms with Crippen molar-refractivity contribution >= 4 is 21.8 Å². The van der Waals surface area contributed by atoms with Gasteiger partial charge in [-0.1, -0.05) is 28.9 Å². The molecular formula is C13H14BrF4NO. The van der Waals surface area contributed by atoms with Crippen molar-refractivity contribution in [3.05, 3.63) is 35.1 Å². The lowest BCUT2D eigenvalue weighted by molar-refractivity contribution is -0.140. The molecule has 7 heteroatoms. The summed E-state index contributed by atoms with van der Waals surface area (Å²) in [5.74, 6) is -2.37. The first-order valence-electron chi connectivity index (χ1n) is 6.01. The van der Waals surface area contributed by atoms with Crippen LogP contribution in [0.25, 0.3) is 0 Å². The molecule has 0 saturated carbocycles. The van der Waals surface area contributed by atoms with Crippen molar-refractivity contribution in [3.8, 4) is 0 Å². The number of carbonyl (C=O) groups is 1. The lowest BCUT2D eigenvalue weighted by Crippen LogP contribution is -2.26. The fraction of sp³-hybridized carbons (Fsp3) is 0.462. The number of benzene rings is 1. The minimum atomic E-state index is -4.81. The van der Waals surface area contributed by atoms with Crippen molar-refractivity contribution in [1.29, 1.82) is 0 Å². The van der Waals surface area contributed by atoms with Crippen molar-refractivity contribution in [2.24, 2.45) is 0 Å². The summed E-state index contributed by atoms with van der Waals surface area (Å²) >= 11 is 3.33. The van der Waals surface area contributed by atoms with E-state index >= 15 is 0 Å². The lowest BCUT2D eigenvalue weighted by atomic mass is 10.1. The highest BCUT2D eigenvalue weighted by Crippen LogP contribution is 2.32. The molecule has 0 aliphatic carbocycles. The fourth-order valence-electron chi connectivity index (χ4n) is 1.61. The molecule has 2 nitrogen and oxygen atoms in total. The molecule has 0 aromatic heterocycles. The summed E-state index contributed by atoms with van der Waals surface area (Å²) in [7, 11) is 0. The third-order valence-electron chi connectivity index (χ3n) is 2.61. The predicted octanol–water partition coefficient (Wildman–Crippen LogP) is 4.14. The molecule has 0 aliphatic rings. The predicted molar refractivity (Wildman–Crippen MR) is 71.4 cm³/mol. The maximum absolute atomic E-state index is 13.7. The first kappa shape index (κ1) is 16.9. The number of nitrogens with one attached hydrogen (secondary N) is 1. The SMILES string of the molecule is CC(Br)CCCNC(=O)c1cccc(C(F)(F)F)c1F. The average Bonchev–Trinajstić information content (AvgIpc) is 2.33. The number of halogens is 5. The van der Waals surface area contributed by atoms with E-state index in [1.54, 1.807) is 0 Å². The second-order valence-electron chi connectivity index (χ2n) is 4.34. The highest BCUT2D eigenvalue weighted by molar-refractivity contribution is 9.09. The first-order chi connectivity index (χ1) is 9.23. The molecular weight excluding hydrogens is 342 g/mol. The minimum absolute atomic E-state index is 0.282. The van der Waals surface area contributed by atoms with Gasteiger partial charge in [0.05, 0.1) is 11.1 Å². The van der Waals surface area contributed by atoms with Crippen molar-refractivity contribution in [3.63, 3.8) is 0 Å². The van der Waals surface area contributed by atoms with E-state index in [0.717, 1.165) is 18.6 Å². The molecule has 0 heterocycles. The van der Waals surface area contributed by atoms with Crippen molar-refractivity contribution in [2.75, 3.05) is 6.54 Å². The molecule has 1 N–H and O–H groups in total. The maximum atomic E-state index is 13.7. The first-order valence-corrected chi connectivity index (χ1v) is 6.93. The Hall–Kier alpha value is -1.11. The Morgan fingerprint density at radius 1 is 1.40 bits per heavy atom. The number of hydrogen-bond acceptors (Lipinski definition) is 1. The molecule has 0 radical (unpaired) electrons. The summed E-state index contributed by atoms with van der Waals surface area (Å²) in [4.78, 5) is 11.9. The molecule has 20 heavy (non-hydrogen) atoms. The highest BCUT2D eigenvalue weighted by Gasteiger charge is 2.35. The number of amides is 1. The normalized spacial score (nSPS) is 13.1. The number of alkyl halides is 4. The summed E-state index contributed by atoms with van der Waals surface area (Å²) in [6.07, 6.45) is -3.37. The van der Waals surface area contributed by atoms with Gasteiger partial charge in [0.2, 0.25) is 0 Å². The largest absolute Gasteiger partial charge is 0.419 e. The van der Waals surface area contributed by atoms with Gasteiger partial charge >= 0.3 is 6.18 Å². The second-order valence-corrected chi connectivity index (χ2v) is 5.91. The van der Waals surface area contributed by atoms with E-state index in [-0.39, 0.29) is 11.4 Å². The van der Waals surface area contributed by atoms with Crippen molar-refractivity contribution in [2.45, 2.75) is 30.8 Å². The van der Waals surface area contributed by atoms with Gasteiger partial charge < -0.3 is 5.32 Å². The molecule has 0 bridgehead atoms. The van der Waals surface area contributed by atoms with Crippen LogP contribution >= 0.6 is 15.9 Å². The zero-order valence-corrected chi connectivity index (χ0v) is 12.3. The summed E-state index contributed by atoms with van der Waals surface area (Å²) in [5.41, 5.74) is -2.02.